The molecule has 3 rings (SSSR count). The van der Waals surface area contributed by atoms with Crippen LogP contribution in [0.1, 0.15) is 23.2 Å². The zero-order chi connectivity index (χ0) is 18.6. The van der Waals surface area contributed by atoms with Crippen molar-refractivity contribution in [1.82, 2.24) is 10.0 Å². The number of sulfonamides is 1. The Hall–Kier alpha value is -2.45. The molecule has 0 atom stereocenters. The lowest BCUT2D eigenvalue weighted by Gasteiger charge is -2.09. The smallest absolute Gasteiger partial charge is 0.251 e. The van der Waals surface area contributed by atoms with Gasteiger partial charge >= 0.3 is 0 Å². The van der Waals surface area contributed by atoms with Crippen molar-refractivity contribution in [2.45, 2.75) is 23.8 Å². The zero-order valence-electron chi connectivity index (χ0n) is 13.9. The van der Waals surface area contributed by atoms with Crippen molar-refractivity contribution in [2.24, 2.45) is 0 Å². The van der Waals surface area contributed by atoms with E-state index < -0.39 is 15.8 Å². The molecule has 1 fully saturated rings. The molecule has 1 aliphatic rings. The third kappa shape index (κ3) is 5.03. The van der Waals surface area contributed by atoms with Crippen molar-refractivity contribution in [3.05, 3.63) is 59.9 Å². The van der Waals surface area contributed by atoms with E-state index in [1.807, 2.05) is 0 Å². The molecule has 0 unspecified atom stereocenters. The zero-order valence-corrected chi connectivity index (χ0v) is 14.8. The fourth-order valence-electron chi connectivity index (χ4n) is 2.27. The van der Waals surface area contributed by atoms with Crippen LogP contribution in [0.2, 0.25) is 0 Å². The molecule has 2 N–H and O–H groups in total. The maximum atomic E-state index is 13.0. The summed E-state index contributed by atoms with van der Waals surface area (Å²) in [4.78, 5) is 12.2. The standard InChI is InChI=1S/C18H19FN2O4S/c19-14-2-1-3-16(12-14)25-11-10-20-18(22)13-4-8-17(9-5-13)26(23,24)21-15-6-7-15/h1-5,8-9,12,15,21H,6-7,10-11H2,(H,20,22). The van der Waals surface area contributed by atoms with Crippen molar-refractivity contribution >= 4 is 15.9 Å². The first-order valence-corrected chi connectivity index (χ1v) is 9.71. The maximum absolute atomic E-state index is 13.0. The minimum absolute atomic E-state index is 0.0288. The van der Waals surface area contributed by atoms with Gasteiger partial charge in [-0.05, 0) is 49.2 Å². The number of hydrogen-bond acceptors (Lipinski definition) is 4. The van der Waals surface area contributed by atoms with Gasteiger partial charge in [-0.15, -0.1) is 0 Å². The van der Waals surface area contributed by atoms with Crippen molar-refractivity contribution in [3.8, 4) is 5.75 Å². The van der Waals surface area contributed by atoms with Crippen LogP contribution in [0, 0.1) is 5.82 Å². The predicted molar refractivity (Wildman–Crippen MR) is 94.0 cm³/mol. The second-order valence-electron chi connectivity index (χ2n) is 5.98. The number of hydrogen-bond donors (Lipinski definition) is 2. The summed E-state index contributed by atoms with van der Waals surface area (Å²) in [7, 11) is -3.53. The molecule has 0 aromatic heterocycles. The van der Waals surface area contributed by atoms with Crippen LogP contribution >= 0.6 is 0 Å². The summed E-state index contributed by atoms with van der Waals surface area (Å²) < 4.78 is 45.1. The molecule has 0 heterocycles. The summed E-state index contributed by atoms with van der Waals surface area (Å²) in [6, 6.07) is 11.5. The first-order chi connectivity index (χ1) is 12.4. The molecule has 0 spiro atoms. The topological polar surface area (TPSA) is 84.5 Å². The van der Waals surface area contributed by atoms with Crippen molar-refractivity contribution in [3.63, 3.8) is 0 Å². The van der Waals surface area contributed by atoms with E-state index in [9.17, 15) is 17.6 Å². The fourth-order valence-corrected chi connectivity index (χ4v) is 3.57. The van der Waals surface area contributed by atoms with E-state index in [1.165, 1.54) is 42.5 Å². The molecule has 2 aromatic carbocycles. The Labute approximate surface area is 151 Å². The van der Waals surface area contributed by atoms with E-state index in [0.29, 0.717) is 11.3 Å². The van der Waals surface area contributed by atoms with Gasteiger partial charge in [-0.3, -0.25) is 4.79 Å². The van der Waals surface area contributed by atoms with E-state index >= 15 is 0 Å². The number of amides is 1. The monoisotopic (exact) mass is 378 g/mol. The van der Waals surface area contributed by atoms with Gasteiger partial charge in [0.1, 0.15) is 18.2 Å². The molecule has 26 heavy (non-hydrogen) atoms. The molecular weight excluding hydrogens is 359 g/mol. The van der Waals surface area contributed by atoms with Crippen LogP contribution in [0.25, 0.3) is 0 Å². The minimum atomic E-state index is -3.53. The quantitative estimate of drug-likeness (QED) is 0.689. The predicted octanol–water partition coefficient (Wildman–Crippen LogP) is 2.08. The maximum Gasteiger partial charge on any atom is 0.251 e. The highest BCUT2D eigenvalue weighted by molar-refractivity contribution is 7.89. The lowest BCUT2D eigenvalue weighted by atomic mass is 10.2. The molecule has 2 aromatic rings. The van der Waals surface area contributed by atoms with Crippen LogP contribution in [0.3, 0.4) is 0 Å². The molecular formula is C18H19FN2O4S. The second-order valence-corrected chi connectivity index (χ2v) is 7.70. The molecule has 1 saturated carbocycles. The van der Waals surface area contributed by atoms with E-state index in [1.54, 1.807) is 6.07 Å². The molecule has 1 aliphatic carbocycles. The van der Waals surface area contributed by atoms with Crippen LogP contribution in [-0.4, -0.2) is 33.5 Å². The fraction of sp³-hybridized carbons (Fsp3) is 0.278. The summed E-state index contributed by atoms with van der Waals surface area (Å²) in [5, 5.41) is 2.66. The van der Waals surface area contributed by atoms with Crippen LogP contribution in [0.4, 0.5) is 4.39 Å². The van der Waals surface area contributed by atoms with Crippen molar-refractivity contribution in [1.29, 1.82) is 0 Å². The Morgan fingerprint density at radius 1 is 1.15 bits per heavy atom. The van der Waals surface area contributed by atoms with Crippen LogP contribution < -0.4 is 14.8 Å². The van der Waals surface area contributed by atoms with E-state index in [2.05, 4.69) is 10.0 Å². The number of halogens is 1. The van der Waals surface area contributed by atoms with Crippen LogP contribution in [-0.2, 0) is 10.0 Å². The van der Waals surface area contributed by atoms with Gasteiger partial charge in [-0.25, -0.2) is 17.5 Å². The average Bonchev–Trinajstić information content (AvgIpc) is 3.42. The van der Waals surface area contributed by atoms with Gasteiger partial charge in [0, 0.05) is 17.7 Å². The van der Waals surface area contributed by atoms with Crippen LogP contribution in [0.15, 0.2) is 53.4 Å². The highest BCUT2D eigenvalue weighted by Crippen LogP contribution is 2.22. The lowest BCUT2D eigenvalue weighted by Crippen LogP contribution is -2.28. The lowest BCUT2D eigenvalue weighted by molar-refractivity contribution is 0.0947. The first kappa shape index (κ1) is 18.3. The van der Waals surface area contributed by atoms with E-state index in [0.717, 1.165) is 12.8 Å². The SMILES string of the molecule is O=C(NCCOc1cccc(F)c1)c1ccc(S(=O)(=O)NC2CC2)cc1. The molecule has 6 nitrogen and oxygen atoms in total. The number of carbonyl (C=O) groups excluding carboxylic acids is 1. The van der Waals surface area contributed by atoms with Gasteiger partial charge in [0.15, 0.2) is 0 Å². The van der Waals surface area contributed by atoms with Crippen LogP contribution in [0.5, 0.6) is 5.75 Å². The normalized spacial score (nSPS) is 14.0. The average molecular weight is 378 g/mol. The largest absolute Gasteiger partial charge is 0.492 e. The second kappa shape index (κ2) is 7.84. The Balaban J connectivity index is 1.48. The Morgan fingerprint density at radius 2 is 1.88 bits per heavy atom. The number of benzene rings is 2. The molecule has 138 valence electrons. The number of carbonyl (C=O) groups is 1. The summed E-state index contributed by atoms with van der Waals surface area (Å²) in [5.41, 5.74) is 0.348. The third-order valence-electron chi connectivity index (χ3n) is 3.78. The summed E-state index contributed by atoms with van der Waals surface area (Å²) in [5.74, 6) is -0.346. The van der Waals surface area contributed by atoms with Crippen molar-refractivity contribution < 1.29 is 22.3 Å². The van der Waals surface area contributed by atoms with Gasteiger partial charge in [0.05, 0.1) is 11.4 Å². The van der Waals surface area contributed by atoms with E-state index in [-0.39, 0.29) is 30.0 Å². The van der Waals surface area contributed by atoms with E-state index in [4.69, 9.17) is 4.74 Å². The first-order valence-electron chi connectivity index (χ1n) is 8.23. The molecule has 0 saturated heterocycles. The van der Waals surface area contributed by atoms with Crippen molar-refractivity contribution in [2.75, 3.05) is 13.2 Å². The number of nitrogens with one attached hydrogen (secondary N) is 2. The van der Waals surface area contributed by atoms with Gasteiger partial charge < -0.3 is 10.1 Å². The minimum Gasteiger partial charge on any atom is -0.492 e. The molecule has 1 amide bonds. The highest BCUT2D eigenvalue weighted by Gasteiger charge is 2.27. The molecule has 0 bridgehead atoms. The van der Waals surface area contributed by atoms with Gasteiger partial charge in [-0.1, -0.05) is 6.07 Å². The van der Waals surface area contributed by atoms with Gasteiger partial charge in [-0.2, -0.15) is 0 Å². The molecule has 0 aliphatic heterocycles. The Morgan fingerprint density at radius 3 is 2.54 bits per heavy atom. The number of rotatable bonds is 8. The Bertz CT molecular complexity index is 880. The highest BCUT2D eigenvalue weighted by atomic mass is 32.2. The number of ether oxygens (including phenoxy) is 1. The third-order valence-corrected chi connectivity index (χ3v) is 5.31. The van der Waals surface area contributed by atoms with Gasteiger partial charge in [0.2, 0.25) is 10.0 Å². The molecule has 8 heteroatoms. The Kier molecular flexibility index (Phi) is 5.53. The van der Waals surface area contributed by atoms with Gasteiger partial charge in [0.25, 0.3) is 5.91 Å². The summed E-state index contributed by atoms with van der Waals surface area (Å²) in [6.45, 7) is 0.422. The summed E-state index contributed by atoms with van der Waals surface area (Å²) >= 11 is 0. The summed E-state index contributed by atoms with van der Waals surface area (Å²) in [6.07, 6.45) is 1.72. The molecule has 0 radical (unpaired) electrons.